The lowest BCUT2D eigenvalue weighted by molar-refractivity contribution is -0.169. The fraction of sp³-hybridized carbons (Fsp3) is 0.550. The molecule has 2 bridgehead atoms. The average molecular weight is 401 g/mol. The van der Waals surface area contributed by atoms with Crippen LogP contribution in [0.3, 0.4) is 0 Å². The maximum Gasteiger partial charge on any atom is 0.327 e. The van der Waals surface area contributed by atoms with Crippen molar-refractivity contribution in [2.75, 3.05) is 13.2 Å². The highest BCUT2D eigenvalue weighted by atomic mass is 16.6. The van der Waals surface area contributed by atoms with E-state index >= 15 is 0 Å². The molecule has 1 aromatic rings. The average Bonchev–Trinajstić information content (AvgIpc) is 3.24. The van der Waals surface area contributed by atoms with Crippen molar-refractivity contribution in [3.63, 3.8) is 0 Å². The van der Waals surface area contributed by atoms with Crippen molar-refractivity contribution in [1.29, 1.82) is 0 Å². The predicted molar refractivity (Wildman–Crippen MR) is 98.1 cm³/mol. The lowest BCUT2D eigenvalue weighted by Crippen LogP contribution is -2.61. The number of hydrogen-bond donors (Lipinski definition) is 1. The van der Waals surface area contributed by atoms with E-state index < -0.39 is 42.0 Å². The Bertz CT molecular complexity index is 863. The number of benzene rings is 1. The van der Waals surface area contributed by atoms with E-state index in [4.69, 9.17) is 14.2 Å². The van der Waals surface area contributed by atoms with Crippen molar-refractivity contribution < 1.29 is 28.6 Å². The zero-order valence-electron chi connectivity index (χ0n) is 16.2. The fourth-order valence-electron chi connectivity index (χ4n) is 5.10. The van der Waals surface area contributed by atoms with E-state index in [9.17, 15) is 14.4 Å². The first-order valence-electron chi connectivity index (χ1n) is 9.77. The number of morpholine rings is 1. The first-order chi connectivity index (χ1) is 13.9. The minimum atomic E-state index is -0.879. The van der Waals surface area contributed by atoms with Crippen molar-refractivity contribution in [3.05, 3.63) is 35.9 Å². The number of imide groups is 1. The van der Waals surface area contributed by atoms with Crippen molar-refractivity contribution in [2.24, 2.45) is 5.92 Å². The Morgan fingerprint density at radius 3 is 2.79 bits per heavy atom. The Balaban J connectivity index is 1.46. The third-order valence-corrected chi connectivity index (χ3v) is 6.33. The number of hydrogen-bond acceptors (Lipinski definition) is 7. The highest BCUT2D eigenvalue weighted by molar-refractivity contribution is 5.98. The summed E-state index contributed by atoms with van der Waals surface area (Å²) < 4.78 is 17.9. The number of nitrogens with one attached hydrogen (secondary N) is 1. The van der Waals surface area contributed by atoms with Crippen LogP contribution in [-0.4, -0.2) is 71.0 Å². The maximum atomic E-state index is 12.6. The standard InChI is InChI=1S/C20H23N3O6/c1-11-16(25)21-19(26)23-17(11)22-9-20(10-28-12(2)24)15(14(22)18(23)29-20)27-8-13-6-4-3-5-7-13/h3-7,11,14-15,17-18H,8-10H2,1-2H3,(H,21,25,26)/t11-,14-,15+,17-,18+,20-/m0/s1. The van der Waals surface area contributed by atoms with Crippen LogP contribution in [0.15, 0.2) is 30.3 Å². The van der Waals surface area contributed by atoms with Crippen LogP contribution in [0, 0.1) is 5.92 Å². The van der Waals surface area contributed by atoms with Gasteiger partial charge in [-0.3, -0.25) is 24.7 Å². The van der Waals surface area contributed by atoms with Crippen molar-refractivity contribution in [2.45, 2.75) is 50.6 Å². The molecule has 0 saturated carbocycles. The molecule has 4 aliphatic rings. The van der Waals surface area contributed by atoms with Gasteiger partial charge in [0.2, 0.25) is 5.91 Å². The Morgan fingerprint density at radius 2 is 2.07 bits per heavy atom. The second-order valence-electron chi connectivity index (χ2n) is 8.14. The molecule has 4 fully saturated rings. The highest BCUT2D eigenvalue weighted by Crippen LogP contribution is 2.52. The minimum absolute atomic E-state index is 0.0375. The van der Waals surface area contributed by atoms with Crippen molar-refractivity contribution in [1.82, 2.24) is 15.1 Å². The summed E-state index contributed by atoms with van der Waals surface area (Å²) in [7, 11) is 0. The molecule has 6 atom stereocenters. The number of nitrogens with zero attached hydrogens (tertiary/aromatic N) is 2. The van der Waals surface area contributed by atoms with E-state index in [0.717, 1.165) is 5.56 Å². The smallest absolute Gasteiger partial charge is 0.327 e. The summed E-state index contributed by atoms with van der Waals surface area (Å²) in [6.45, 7) is 3.99. The number of esters is 1. The molecule has 4 saturated heterocycles. The van der Waals surface area contributed by atoms with E-state index in [1.807, 2.05) is 30.3 Å². The zero-order chi connectivity index (χ0) is 20.3. The van der Waals surface area contributed by atoms with Gasteiger partial charge in [0.15, 0.2) is 6.23 Å². The number of carbonyl (C=O) groups is 3. The number of urea groups is 1. The van der Waals surface area contributed by atoms with Gasteiger partial charge in [0.05, 0.1) is 18.6 Å². The first-order valence-corrected chi connectivity index (χ1v) is 9.77. The van der Waals surface area contributed by atoms with Gasteiger partial charge in [-0.25, -0.2) is 4.79 Å². The number of fused-ring (bicyclic) bond motifs is 4. The summed E-state index contributed by atoms with van der Waals surface area (Å²) in [5, 5.41) is 2.40. The van der Waals surface area contributed by atoms with Gasteiger partial charge in [-0.1, -0.05) is 37.3 Å². The van der Waals surface area contributed by atoms with Crippen LogP contribution >= 0.6 is 0 Å². The summed E-state index contributed by atoms with van der Waals surface area (Å²) in [4.78, 5) is 40.0. The summed E-state index contributed by atoms with van der Waals surface area (Å²) in [5.41, 5.74) is 0.138. The molecule has 9 nitrogen and oxygen atoms in total. The number of carbonyl (C=O) groups excluding carboxylic acids is 3. The number of rotatable bonds is 5. The lowest BCUT2D eigenvalue weighted by Gasteiger charge is -2.36. The second-order valence-corrected chi connectivity index (χ2v) is 8.14. The van der Waals surface area contributed by atoms with Gasteiger partial charge in [0.25, 0.3) is 0 Å². The molecule has 1 N–H and O–H groups in total. The van der Waals surface area contributed by atoms with Crippen LogP contribution in [0.25, 0.3) is 0 Å². The first kappa shape index (κ1) is 18.5. The third kappa shape index (κ3) is 2.68. The van der Waals surface area contributed by atoms with Crippen molar-refractivity contribution >= 4 is 17.9 Å². The van der Waals surface area contributed by atoms with Crippen LogP contribution < -0.4 is 5.32 Å². The van der Waals surface area contributed by atoms with Gasteiger partial charge < -0.3 is 14.2 Å². The lowest BCUT2D eigenvalue weighted by atomic mass is 9.99. The normalized spacial score (nSPS) is 37.6. The van der Waals surface area contributed by atoms with Gasteiger partial charge in [0.1, 0.15) is 24.5 Å². The van der Waals surface area contributed by atoms with E-state index in [0.29, 0.717) is 13.2 Å². The van der Waals surface area contributed by atoms with Gasteiger partial charge in [-0.15, -0.1) is 0 Å². The molecule has 5 rings (SSSR count). The molecular formula is C20H23N3O6. The summed E-state index contributed by atoms with van der Waals surface area (Å²) in [6, 6.07) is 9.10. The van der Waals surface area contributed by atoms with Gasteiger partial charge in [-0.2, -0.15) is 0 Å². The Morgan fingerprint density at radius 1 is 1.31 bits per heavy atom. The monoisotopic (exact) mass is 401 g/mol. The molecule has 0 unspecified atom stereocenters. The van der Waals surface area contributed by atoms with E-state index in [2.05, 4.69) is 10.2 Å². The van der Waals surface area contributed by atoms with Crippen LogP contribution in [0.2, 0.25) is 0 Å². The van der Waals surface area contributed by atoms with Crippen LogP contribution in [0.1, 0.15) is 19.4 Å². The topological polar surface area (TPSA) is 97.4 Å². The molecule has 9 heteroatoms. The molecule has 4 aliphatic heterocycles. The Labute approximate surface area is 167 Å². The highest BCUT2D eigenvalue weighted by Gasteiger charge is 2.74. The van der Waals surface area contributed by atoms with Gasteiger partial charge >= 0.3 is 12.0 Å². The number of ether oxygens (including phenoxy) is 3. The number of amides is 3. The Hall–Kier alpha value is -2.49. The Kier molecular flexibility index (Phi) is 4.16. The van der Waals surface area contributed by atoms with Crippen molar-refractivity contribution in [3.8, 4) is 0 Å². The molecule has 154 valence electrons. The summed E-state index contributed by atoms with van der Waals surface area (Å²) in [6.07, 6.45) is -1.34. The van der Waals surface area contributed by atoms with E-state index in [1.165, 1.54) is 6.92 Å². The minimum Gasteiger partial charge on any atom is -0.463 e. The summed E-state index contributed by atoms with van der Waals surface area (Å²) >= 11 is 0. The largest absolute Gasteiger partial charge is 0.463 e. The van der Waals surface area contributed by atoms with Gasteiger partial charge in [-0.05, 0) is 5.56 Å². The molecular weight excluding hydrogens is 378 g/mol. The second kappa shape index (κ2) is 6.51. The molecule has 29 heavy (non-hydrogen) atoms. The molecule has 0 spiro atoms. The molecule has 0 aliphatic carbocycles. The predicted octanol–water partition coefficient (Wildman–Crippen LogP) is 0.442. The quantitative estimate of drug-likeness (QED) is 0.715. The fourth-order valence-corrected chi connectivity index (χ4v) is 5.10. The third-order valence-electron chi connectivity index (χ3n) is 6.33. The van der Waals surface area contributed by atoms with E-state index in [-0.39, 0.29) is 18.6 Å². The van der Waals surface area contributed by atoms with Gasteiger partial charge in [0, 0.05) is 13.5 Å². The molecule has 4 heterocycles. The molecule has 0 aromatic heterocycles. The summed E-state index contributed by atoms with van der Waals surface area (Å²) in [5.74, 6) is -1.10. The SMILES string of the molecule is CC(=O)OC[C@]12CN3[C@H]([C@@H](O1)N1C(=O)NC(=O)[C@H](C)[C@@H]31)[C@H]2OCc1ccccc1. The van der Waals surface area contributed by atoms with Crippen LogP contribution in [0.5, 0.6) is 0 Å². The molecule has 3 amide bonds. The maximum absolute atomic E-state index is 12.6. The van der Waals surface area contributed by atoms with Crippen LogP contribution in [-0.2, 0) is 30.4 Å². The molecule has 0 radical (unpaired) electrons. The molecule has 1 aromatic carbocycles. The van der Waals surface area contributed by atoms with Crippen LogP contribution in [0.4, 0.5) is 4.79 Å². The van der Waals surface area contributed by atoms with E-state index in [1.54, 1.807) is 11.8 Å². The zero-order valence-corrected chi connectivity index (χ0v) is 16.2.